The third-order valence-electron chi connectivity index (χ3n) is 16.2. The summed E-state index contributed by atoms with van der Waals surface area (Å²) in [5.41, 5.74) is 5.94. The van der Waals surface area contributed by atoms with Crippen LogP contribution in [0.3, 0.4) is 0 Å². The van der Waals surface area contributed by atoms with Crippen LogP contribution in [0.2, 0.25) is 0 Å². The average molecular weight is 1130 g/mol. The summed E-state index contributed by atoms with van der Waals surface area (Å²) in [6.45, 7) is 20.0. The lowest BCUT2D eigenvalue weighted by Crippen LogP contribution is -2.65. The molecule has 8 aliphatic rings. The fourth-order valence-corrected chi connectivity index (χ4v) is 13.7. The predicted octanol–water partition coefficient (Wildman–Crippen LogP) is 11.3. The molecule has 0 saturated heterocycles. The number of alkyl carbamates (subject to hydrolysis) is 2. The Hall–Kier alpha value is -4.94. The van der Waals surface area contributed by atoms with E-state index in [0.717, 1.165) is 57.3 Å². The maximum atomic E-state index is 13.7. The summed E-state index contributed by atoms with van der Waals surface area (Å²) in [6.07, 6.45) is 21.6. The van der Waals surface area contributed by atoms with Gasteiger partial charge in [0.05, 0.1) is 50.7 Å². The first kappa shape index (κ1) is 63.9. The van der Waals surface area contributed by atoms with Crippen LogP contribution in [0.5, 0.6) is 11.8 Å². The Bertz CT molecular complexity index is 2430. The second-order valence-corrected chi connectivity index (χ2v) is 26.2. The highest BCUT2D eigenvalue weighted by atomic mass is 35.5. The number of halogens is 2. The number of carbonyl (C=O) groups is 6. The molecule has 8 saturated carbocycles. The molecule has 78 heavy (non-hydrogen) atoms. The molecule has 0 aromatic carbocycles. The lowest BCUT2D eigenvalue weighted by atomic mass is 9.48. The van der Waals surface area contributed by atoms with Gasteiger partial charge in [-0.1, -0.05) is 67.5 Å². The molecule has 4 unspecified atom stereocenters. The molecule has 2 aromatic heterocycles. The SMILES string of the molecule is CC(=O)CC(C)(C)/C=C/n1ncc(C(=O)O)c1OCC(C)C.COC(=O)NC12CC3CC(C1)C(CC(=O)c1cnn(/C=C/C(C)(C)CC(C)=O)c1OCC(C)C)C(C3)C2.COC(=O)NC12CC3CC(C1)C(N)C(C3)C2.ClCCl. The van der Waals surface area contributed by atoms with Crippen molar-refractivity contribution in [2.45, 2.75) is 170 Å². The largest absolute Gasteiger partial charge is 0.477 e. The van der Waals surface area contributed by atoms with E-state index in [4.69, 9.17) is 47.9 Å². The van der Waals surface area contributed by atoms with Crippen molar-refractivity contribution in [2.75, 3.05) is 32.8 Å². The molecular weight excluding hydrogens is 1040 g/mol. The van der Waals surface area contributed by atoms with Gasteiger partial charge in [-0.15, -0.1) is 23.2 Å². The number of ketones is 3. The van der Waals surface area contributed by atoms with Crippen LogP contribution in [0, 0.1) is 64.1 Å². The number of alkyl halides is 2. The number of nitrogens with two attached hydrogens (primary N) is 1. The van der Waals surface area contributed by atoms with Gasteiger partial charge in [-0.05, 0) is 142 Å². The molecule has 2 aromatic rings. The molecule has 8 fully saturated rings. The minimum atomic E-state index is -1.08. The van der Waals surface area contributed by atoms with Crippen LogP contribution in [-0.2, 0) is 19.1 Å². The maximum Gasteiger partial charge on any atom is 0.407 e. The highest BCUT2D eigenvalue weighted by molar-refractivity contribution is 6.40. The van der Waals surface area contributed by atoms with Gasteiger partial charge in [0.15, 0.2) is 5.78 Å². The molecule has 8 bridgehead atoms. The molecule has 18 nitrogen and oxygen atoms in total. The first-order chi connectivity index (χ1) is 36.6. The van der Waals surface area contributed by atoms with E-state index in [1.54, 1.807) is 37.1 Å². The normalized spacial score (nSPS) is 27.3. The molecule has 10 rings (SSSR count). The fraction of sp³-hybridized carbons (Fsp3) is 0.724. The molecule has 8 aliphatic carbocycles. The van der Waals surface area contributed by atoms with Gasteiger partial charge in [0.1, 0.15) is 17.1 Å². The van der Waals surface area contributed by atoms with E-state index in [-0.39, 0.29) is 74.1 Å². The molecule has 0 aliphatic heterocycles. The molecular formula is C58H89Cl2N7O11. The number of amides is 2. The number of carbonyl (C=O) groups excluding carboxylic acids is 5. The number of carboxylic acids is 1. The topological polar surface area (TPSA) is 245 Å². The van der Waals surface area contributed by atoms with Crippen LogP contribution in [0.15, 0.2) is 24.5 Å². The first-order valence-electron chi connectivity index (χ1n) is 27.7. The third-order valence-corrected chi connectivity index (χ3v) is 16.2. The minimum absolute atomic E-state index is 0.000532. The van der Waals surface area contributed by atoms with Gasteiger partial charge in [-0.25, -0.2) is 23.7 Å². The van der Waals surface area contributed by atoms with Crippen molar-refractivity contribution >= 4 is 71.1 Å². The average Bonchev–Trinajstić information content (AvgIpc) is 3.96. The first-order valence-corrected chi connectivity index (χ1v) is 28.8. The minimum Gasteiger partial charge on any atom is -0.477 e. The zero-order valence-electron chi connectivity index (χ0n) is 48.2. The number of ether oxygens (including phenoxy) is 4. The summed E-state index contributed by atoms with van der Waals surface area (Å²) in [6, 6.07) is 0.365. The molecule has 2 amide bonds. The Balaban J connectivity index is 0.000000230. The van der Waals surface area contributed by atoms with E-state index in [2.05, 4.69) is 34.7 Å². The number of Topliss-reactive ketones (excluding diaryl/α,β-unsaturated/α-hetero) is 3. The zero-order valence-corrected chi connectivity index (χ0v) is 49.7. The van der Waals surface area contributed by atoms with Crippen molar-refractivity contribution in [2.24, 2.45) is 69.8 Å². The number of hydrogen-bond donors (Lipinski definition) is 4. The van der Waals surface area contributed by atoms with Crippen molar-refractivity contribution < 1.29 is 52.8 Å². The van der Waals surface area contributed by atoms with Gasteiger partial charge in [0.2, 0.25) is 11.8 Å². The summed E-state index contributed by atoms with van der Waals surface area (Å²) in [5.74, 6) is 4.22. The van der Waals surface area contributed by atoms with E-state index < -0.39 is 5.97 Å². The van der Waals surface area contributed by atoms with Crippen LogP contribution in [0.25, 0.3) is 12.4 Å². The number of nitrogens with zero attached hydrogens (tertiary/aromatic N) is 4. The van der Waals surface area contributed by atoms with Crippen LogP contribution in [0.1, 0.15) is 173 Å². The third kappa shape index (κ3) is 17.5. The van der Waals surface area contributed by atoms with E-state index >= 15 is 0 Å². The van der Waals surface area contributed by atoms with Crippen LogP contribution >= 0.6 is 23.2 Å². The van der Waals surface area contributed by atoms with Gasteiger partial charge in [-0.2, -0.15) is 10.2 Å². The summed E-state index contributed by atoms with van der Waals surface area (Å²) in [7, 11) is 2.84. The summed E-state index contributed by atoms with van der Waals surface area (Å²) in [4.78, 5) is 71.2. The van der Waals surface area contributed by atoms with Crippen LogP contribution in [-0.4, -0.2) is 110 Å². The van der Waals surface area contributed by atoms with Crippen LogP contribution in [0.4, 0.5) is 9.59 Å². The molecule has 436 valence electrons. The van der Waals surface area contributed by atoms with Gasteiger partial charge < -0.3 is 40.4 Å². The van der Waals surface area contributed by atoms with E-state index in [1.807, 2.05) is 53.7 Å². The number of allylic oxidation sites excluding steroid dienone is 2. The number of aromatic nitrogens is 4. The monoisotopic (exact) mass is 1130 g/mol. The van der Waals surface area contributed by atoms with E-state index in [0.29, 0.717) is 91.4 Å². The van der Waals surface area contributed by atoms with E-state index in [9.17, 15) is 33.9 Å². The van der Waals surface area contributed by atoms with Crippen molar-refractivity contribution in [3.8, 4) is 11.8 Å². The zero-order chi connectivity index (χ0) is 57.9. The van der Waals surface area contributed by atoms with Gasteiger partial charge in [0.25, 0.3) is 0 Å². The number of rotatable bonds is 20. The lowest BCUT2D eigenvalue weighted by Gasteiger charge is -2.60. The van der Waals surface area contributed by atoms with Crippen molar-refractivity contribution in [1.82, 2.24) is 30.2 Å². The highest BCUT2D eigenvalue weighted by Crippen LogP contribution is 2.59. The smallest absolute Gasteiger partial charge is 0.407 e. The number of hydrogen-bond acceptors (Lipinski definition) is 13. The Morgan fingerprint density at radius 3 is 1.44 bits per heavy atom. The standard InChI is InChI=1S/C29H43N3O5.C16H24N2O4.C12H20N2O2.CH2Cl2/c1-18(2)17-37-26-24(16-30-32(26)8-7-28(4,5)12-19(3)33)25(34)11-23-21-9-20-10-22(23)15-29(13-20,14-21)31-27(35)36-6;1-11(2)10-22-14-13(15(20)21)9-17-18(14)7-6-16(4,5)8-12(3)19;1-16-11(15)14-12-4-7-2-8(5-12)10(13)9(3-7)6-12;2-1-3/h7-8,16,18,20-23H,9-15,17H2,1-6H3,(H,31,35);6-7,9,11H,8,10H2,1-5H3,(H,20,21);7-10H,2-6,13H2,1H3,(H,14,15);1H2/b8-7+;7-6+;;. The van der Waals surface area contributed by atoms with Gasteiger partial charge in [-0.3, -0.25) is 14.4 Å². The van der Waals surface area contributed by atoms with E-state index in [1.165, 1.54) is 37.9 Å². The van der Waals surface area contributed by atoms with Gasteiger partial charge in [0, 0.05) is 48.8 Å². The summed E-state index contributed by atoms with van der Waals surface area (Å²) >= 11 is 9.53. The molecule has 4 atom stereocenters. The second-order valence-electron chi connectivity index (χ2n) is 25.4. The quantitative estimate of drug-likeness (QED) is 0.0712. The predicted molar refractivity (Wildman–Crippen MR) is 302 cm³/mol. The summed E-state index contributed by atoms with van der Waals surface area (Å²) in [5, 5.41) is 24.1. The number of methoxy groups -OCH3 is 2. The summed E-state index contributed by atoms with van der Waals surface area (Å²) < 4.78 is 24.4. The Morgan fingerprint density at radius 1 is 0.692 bits per heavy atom. The Labute approximate surface area is 472 Å². The Morgan fingerprint density at radius 2 is 1.06 bits per heavy atom. The highest BCUT2D eigenvalue weighted by Gasteiger charge is 2.57. The molecule has 2 heterocycles. The number of aromatic carboxylic acids is 1. The second kappa shape index (κ2) is 27.5. The molecule has 20 heteroatoms. The molecule has 5 N–H and O–H groups in total. The fourth-order valence-electron chi connectivity index (χ4n) is 13.7. The van der Waals surface area contributed by atoms with Crippen molar-refractivity contribution in [3.05, 3.63) is 35.7 Å². The number of nitrogens with one attached hydrogen (secondary N) is 2. The molecule has 0 spiro atoms. The maximum absolute atomic E-state index is 13.7. The van der Waals surface area contributed by atoms with Gasteiger partial charge >= 0.3 is 18.2 Å². The lowest BCUT2D eigenvalue weighted by molar-refractivity contribution is -0.119. The number of carboxylic acid groups (broad SMARTS) is 1. The van der Waals surface area contributed by atoms with Crippen molar-refractivity contribution in [1.29, 1.82) is 0 Å². The van der Waals surface area contributed by atoms with Crippen LogP contribution < -0.4 is 25.8 Å². The van der Waals surface area contributed by atoms with Crippen molar-refractivity contribution in [3.63, 3.8) is 0 Å². The molecule has 0 radical (unpaired) electrons. The Kier molecular flexibility index (Phi) is 22.5.